The van der Waals surface area contributed by atoms with Crippen LogP contribution in [0, 0.1) is 0 Å². The Morgan fingerprint density at radius 3 is 2.82 bits per heavy atom. The number of nitrogens with two attached hydrogens (primary N) is 1. The summed E-state index contributed by atoms with van der Waals surface area (Å²) in [6.45, 7) is 4.69. The van der Waals surface area contributed by atoms with Gasteiger partial charge in [0.15, 0.2) is 0 Å². The maximum Gasteiger partial charge on any atom is 0.108 e. The van der Waals surface area contributed by atoms with Crippen molar-refractivity contribution in [3.05, 3.63) is 11.8 Å². The SMILES string of the molecule is CC(C)(ON)C1=COCCC1. The average molecular weight is 157 g/mol. The summed E-state index contributed by atoms with van der Waals surface area (Å²) < 4.78 is 5.17. The van der Waals surface area contributed by atoms with E-state index in [1.165, 1.54) is 0 Å². The molecule has 0 saturated carbocycles. The molecule has 3 nitrogen and oxygen atoms in total. The molecule has 0 aromatic heterocycles. The molecule has 1 aliphatic heterocycles. The van der Waals surface area contributed by atoms with Crippen molar-refractivity contribution >= 4 is 0 Å². The first-order valence-corrected chi connectivity index (χ1v) is 3.86. The Hall–Kier alpha value is -0.540. The first kappa shape index (κ1) is 8.56. The number of hydrogen-bond acceptors (Lipinski definition) is 3. The summed E-state index contributed by atoms with van der Waals surface area (Å²) in [5, 5.41) is 0. The quantitative estimate of drug-likeness (QED) is 0.615. The van der Waals surface area contributed by atoms with E-state index in [1.807, 2.05) is 13.8 Å². The molecule has 0 saturated heterocycles. The number of hydrogen-bond donors (Lipinski definition) is 1. The van der Waals surface area contributed by atoms with Crippen LogP contribution in [-0.2, 0) is 9.57 Å². The topological polar surface area (TPSA) is 44.5 Å². The molecular weight excluding hydrogens is 142 g/mol. The molecule has 1 aliphatic rings. The molecular formula is C8H15NO2. The molecule has 1 rings (SSSR count). The molecule has 0 aliphatic carbocycles. The first-order chi connectivity index (χ1) is 5.17. The predicted octanol–water partition coefficient (Wildman–Crippen LogP) is 1.35. The monoisotopic (exact) mass is 157 g/mol. The van der Waals surface area contributed by atoms with Crippen LogP contribution in [0.5, 0.6) is 0 Å². The summed E-state index contributed by atoms with van der Waals surface area (Å²) in [7, 11) is 0. The molecule has 0 bridgehead atoms. The highest BCUT2D eigenvalue weighted by atomic mass is 16.6. The Labute approximate surface area is 67.1 Å². The summed E-state index contributed by atoms with van der Waals surface area (Å²) in [5.41, 5.74) is 0.756. The van der Waals surface area contributed by atoms with Gasteiger partial charge in [-0.3, -0.25) is 4.84 Å². The van der Waals surface area contributed by atoms with E-state index in [0.717, 1.165) is 25.0 Å². The van der Waals surface area contributed by atoms with Gasteiger partial charge in [-0.1, -0.05) is 0 Å². The second kappa shape index (κ2) is 3.24. The highest BCUT2D eigenvalue weighted by molar-refractivity contribution is 5.13. The van der Waals surface area contributed by atoms with E-state index >= 15 is 0 Å². The van der Waals surface area contributed by atoms with E-state index in [1.54, 1.807) is 6.26 Å². The lowest BCUT2D eigenvalue weighted by molar-refractivity contribution is 0.000974. The van der Waals surface area contributed by atoms with Gasteiger partial charge in [-0.2, -0.15) is 0 Å². The molecule has 0 atom stereocenters. The fourth-order valence-electron chi connectivity index (χ4n) is 1.08. The lowest BCUT2D eigenvalue weighted by Crippen LogP contribution is -2.31. The standard InChI is InChI=1S/C8H15NO2/c1-8(2,11-9)7-4-3-5-10-6-7/h6H,3-5,9H2,1-2H3. The van der Waals surface area contributed by atoms with E-state index in [0.29, 0.717) is 0 Å². The van der Waals surface area contributed by atoms with Crippen LogP contribution in [0.1, 0.15) is 26.7 Å². The van der Waals surface area contributed by atoms with Crippen molar-refractivity contribution in [3.63, 3.8) is 0 Å². The molecule has 0 amide bonds. The van der Waals surface area contributed by atoms with Crippen molar-refractivity contribution in [2.75, 3.05) is 6.61 Å². The van der Waals surface area contributed by atoms with Gasteiger partial charge in [0, 0.05) is 0 Å². The van der Waals surface area contributed by atoms with Crippen LogP contribution in [0.2, 0.25) is 0 Å². The molecule has 0 aromatic rings. The lowest BCUT2D eigenvalue weighted by atomic mass is 9.94. The normalized spacial score (nSPS) is 19.0. The van der Waals surface area contributed by atoms with Gasteiger partial charge in [0.05, 0.1) is 12.9 Å². The highest BCUT2D eigenvalue weighted by Gasteiger charge is 2.24. The highest BCUT2D eigenvalue weighted by Crippen LogP contribution is 2.25. The molecule has 0 radical (unpaired) electrons. The van der Waals surface area contributed by atoms with Crippen LogP contribution in [0.25, 0.3) is 0 Å². The lowest BCUT2D eigenvalue weighted by Gasteiger charge is -2.27. The van der Waals surface area contributed by atoms with Gasteiger partial charge < -0.3 is 4.74 Å². The largest absolute Gasteiger partial charge is 0.501 e. The van der Waals surface area contributed by atoms with Crippen LogP contribution < -0.4 is 5.90 Å². The fraction of sp³-hybridized carbons (Fsp3) is 0.750. The molecule has 0 fully saturated rings. The van der Waals surface area contributed by atoms with Crippen molar-refractivity contribution in [2.24, 2.45) is 5.90 Å². The fourth-order valence-corrected chi connectivity index (χ4v) is 1.08. The first-order valence-electron chi connectivity index (χ1n) is 3.86. The molecule has 0 unspecified atom stereocenters. The Balaban J connectivity index is 2.64. The van der Waals surface area contributed by atoms with E-state index in [4.69, 9.17) is 15.5 Å². The molecule has 64 valence electrons. The second-order valence-electron chi connectivity index (χ2n) is 3.25. The van der Waals surface area contributed by atoms with E-state index in [-0.39, 0.29) is 5.60 Å². The van der Waals surface area contributed by atoms with Crippen molar-refractivity contribution in [1.82, 2.24) is 0 Å². The van der Waals surface area contributed by atoms with Crippen LogP contribution in [0.4, 0.5) is 0 Å². The maximum atomic E-state index is 5.17. The van der Waals surface area contributed by atoms with Crippen molar-refractivity contribution < 1.29 is 9.57 Å². The van der Waals surface area contributed by atoms with Gasteiger partial charge >= 0.3 is 0 Å². The molecule has 0 spiro atoms. The van der Waals surface area contributed by atoms with E-state index in [9.17, 15) is 0 Å². The third-order valence-electron chi connectivity index (χ3n) is 2.00. The third kappa shape index (κ3) is 1.94. The van der Waals surface area contributed by atoms with Gasteiger partial charge in [-0.25, -0.2) is 5.90 Å². The zero-order chi connectivity index (χ0) is 8.32. The van der Waals surface area contributed by atoms with Crippen molar-refractivity contribution in [1.29, 1.82) is 0 Å². The summed E-state index contributed by atoms with van der Waals surface area (Å²) in [4.78, 5) is 4.83. The number of rotatable bonds is 2. The van der Waals surface area contributed by atoms with Crippen molar-refractivity contribution in [2.45, 2.75) is 32.3 Å². The van der Waals surface area contributed by atoms with Gasteiger partial charge in [-0.05, 0) is 32.3 Å². The molecule has 0 aromatic carbocycles. The summed E-state index contributed by atoms with van der Waals surface area (Å²) in [6.07, 6.45) is 3.83. The molecule has 11 heavy (non-hydrogen) atoms. The van der Waals surface area contributed by atoms with Crippen LogP contribution in [-0.4, -0.2) is 12.2 Å². The van der Waals surface area contributed by atoms with Gasteiger partial charge in [0.25, 0.3) is 0 Å². The van der Waals surface area contributed by atoms with Crippen LogP contribution in [0.3, 0.4) is 0 Å². The zero-order valence-electron chi connectivity index (χ0n) is 7.09. The second-order valence-corrected chi connectivity index (χ2v) is 3.25. The predicted molar refractivity (Wildman–Crippen MR) is 42.6 cm³/mol. The zero-order valence-corrected chi connectivity index (χ0v) is 7.09. The Morgan fingerprint density at radius 1 is 1.64 bits per heavy atom. The average Bonchev–Trinajstić information content (AvgIpc) is 2.06. The molecule has 1 heterocycles. The summed E-state index contributed by atoms with van der Waals surface area (Å²) >= 11 is 0. The smallest absolute Gasteiger partial charge is 0.108 e. The minimum absolute atomic E-state index is 0.375. The minimum atomic E-state index is -0.375. The molecule has 3 heteroatoms. The van der Waals surface area contributed by atoms with Crippen LogP contribution >= 0.6 is 0 Å². The van der Waals surface area contributed by atoms with Gasteiger partial charge in [-0.15, -0.1) is 0 Å². The Kier molecular flexibility index (Phi) is 2.52. The summed E-state index contributed by atoms with van der Waals surface area (Å²) in [6, 6.07) is 0. The van der Waals surface area contributed by atoms with Crippen molar-refractivity contribution in [3.8, 4) is 0 Å². The van der Waals surface area contributed by atoms with E-state index < -0.39 is 0 Å². The summed E-state index contributed by atoms with van der Waals surface area (Å²) in [5.74, 6) is 5.14. The van der Waals surface area contributed by atoms with E-state index in [2.05, 4.69) is 0 Å². The van der Waals surface area contributed by atoms with Gasteiger partial charge in [0.1, 0.15) is 5.60 Å². The molecule has 2 N–H and O–H groups in total. The third-order valence-corrected chi connectivity index (χ3v) is 2.00. The Morgan fingerprint density at radius 2 is 2.36 bits per heavy atom. The maximum absolute atomic E-state index is 5.17. The van der Waals surface area contributed by atoms with Gasteiger partial charge in [0.2, 0.25) is 0 Å². The number of ether oxygens (including phenoxy) is 1. The Bertz CT molecular complexity index is 163. The minimum Gasteiger partial charge on any atom is -0.501 e. The van der Waals surface area contributed by atoms with Crippen LogP contribution in [0.15, 0.2) is 11.8 Å².